The molecule has 5 nitrogen and oxygen atoms in total. The summed E-state index contributed by atoms with van der Waals surface area (Å²) in [5, 5.41) is 5.25. The lowest BCUT2D eigenvalue weighted by atomic mass is 9.92. The zero-order valence-electron chi connectivity index (χ0n) is 12.6. The lowest BCUT2D eigenvalue weighted by Crippen LogP contribution is -2.52. The molecule has 6 heteroatoms. The predicted molar refractivity (Wildman–Crippen MR) is 80.5 cm³/mol. The van der Waals surface area contributed by atoms with Crippen molar-refractivity contribution in [2.45, 2.75) is 39.2 Å². The summed E-state index contributed by atoms with van der Waals surface area (Å²) < 4.78 is 13.6. The molecule has 4 N–H and O–H groups in total. The Morgan fingerprint density at radius 1 is 1.29 bits per heavy atom. The summed E-state index contributed by atoms with van der Waals surface area (Å²) in [6.45, 7) is 5.50. The van der Waals surface area contributed by atoms with Crippen molar-refractivity contribution in [2.24, 2.45) is 5.73 Å². The number of benzene rings is 1. The molecule has 0 spiro atoms. The fourth-order valence-electron chi connectivity index (χ4n) is 2.03. The molecule has 0 aliphatic carbocycles. The largest absolute Gasteiger partial charge is 0.345 e. The van der Waals surface area contributed by atoms with Gasteiger partial charge in [0.05, 0.1) is 11.2 Å². The summed E-state index contributed by atoms with van der Waals surface area (Å²) >= 11 is 0. The molecule has 0 aliphatic rings. The molecule has 0 aromatic heterocycles. The summed E-state index contributed by atoms with van der Waals surface area (Å²) in [5.74, 6) is -1.32. The van der Waals surface area contributed by atoms with Gasteiger partial charge >= 0.3 is 0 Å². The summed E-state index contributed by atoms with van der Waals surface area (Å²) in [4.78, 5) is 23.3. The second kappa shape index (κ2) is 7.17. The average Bonchev–Trinajstić information content (AvgIpc) is 2.46. The third-order valence-corrected chi connectivity index (χ3v) is 3.66. The zero-order valence-corrected chi connectivity index (χ0v) is 12.6. The number of nitrogens with one attached hydrogen (secondary N) is 2. The first-order valence-corrected chi connectivity index (χ1v) is 6.97. The Morgan fingerprint density at radius 3 is 2.38 bits per heavy atom. The summed E-state index contributed by atoms with van der Waals surface area (Å²) in [6.07, 6.45) is 1.40. The van der Waals surface area contributed by atoms with E-state index in [1.165, 1.54) is 19.1 Å². The Morgan fingerprint density at radius 2 is 1.90 bits per heavy atom. The molecule has 0 saturated heterocycles. The first-order valence-electron chi connectivity index (χ1n) is 6.97. The molecule has 1 rings (SSSR count). The highest BCUT2D eigenvalue weighted by Crippen LogP contribution is 2.18. The first kappa shape index (κ1) is 17.1. The summed E-state index contributed by atoms with van der Waals surface area (Å²) in [7, 11) is 0. The molecule has 0 fully saturated rings. The number of amides is 2. The third-order valence-electron chi connectivity index (χ3n) is 3.66. The Balaban J connectivity index is 3.00. The fourth-order valence-corrected chi connectivity index (χ4v) is 2.03. The van der Waals surface area contributed by atoms with Crippen LogP contribution in [0.15, 0.2) is 18.2 Å². The third kappa shape index (κ3) is 4.26. The second-order valence-corrected chi connectivity index (χ2v) is 5.02. The van der Waals surface area contributed by atoms with Gasteiger partial charge in [-0.1, -0.05) is 13.8 Å². The van der Waals surface area contributed by atoms with Crippen molar-refractivity contribution in [3.05, 3.63) is 29.6 Å². The molecule has 1 aromatic rings. The molecule has 0 aliphatic heterocycles. The van der Waals surface area contributed by atoms with E-state index in [0.29, 0.717) is 19.4 Å². The molecule has 0 radical (unpaired) electrons. The predicted octanol–water partition coefficient (Wildman–Crippen LogP) is 2.03. The van der Waals surface area contributed by atoms with Gasteiger partial charge in [-0.25, -0.2) is 4.39 Å². The van der Waals surface area contributed by atoms with Crippen LogP contribution in [0.5, 0.6) is 0 Å². The van der Waals surface area contributed by atoms with Crippen LogP contribution in [0.4, 0.5) is 10.1 Å². The van der Waals surface area contributed by atoms with Crippen molar-refractivity contribution in [1.29, 1.82) is 0 Å². The molecule has 21 heavy (non-hydrogen) atoms. The first-order chi connectivity index (χ1) is 9.87. The quantitative estimate of drug-likeness (QED) is 0.751. The standard InChI is InChI=1S/C15H22FN3O2/c1-4-15(5-2,9-17)19-14(21)11-6-7-12(16)13(8-11)18-10(3)20/h6-8H,4-5,9,17H2,1-3H3,(H,18,20)(H,19,21). The van der Waals surface area contributed by atoms with Crippen LogP contribution in [0.1, 0.15) is 44.0 Å². The van der Waals surface area contributed by atoms with Gasteiger partial charge in [-0.3, -0.25) is 9.59 Å². The fraction of sp³-hybridized carbons (Fsp3) is 0.467. The monoisotopic (exact) mass is 295 g/mol. The number of hydrogen-bond donors (Lipinski definition) is 3. The molecule has 0 atom stereocenters. The maximum Gasteiger partial charge on any atom is 0.251 e. The van der Waals surface area contributed by atoms with Gasteiger partial charge in [-0.2, -0.15) is 0 Å². The van der Waals surface area contributed by atoms with E-state index in [2.05, 4.69) is 10.6 Å². The number of rotatable bonds is 6. The van der Waals surface area contributed by atoms with Gasteiger partial charge in [-0.05, 0) is 31.0 Å². The lowest BCUT2D eigenvalue weighted by Gasteiger charge is -2.31. The molecule has 0 bridgehead atoms. The van der Waals surface area contributed by atoms with E-state index in [1.807, 2.05) is 13.8 Å². The number of carbonyl (C=O) groups excluding carboxylic acids is 2. The van der Waals surface area contributed by atoms with Gasteiger partial charge in [0.2, 0.25) is 5.91 Å². The number of anilines is 1. The van der Waals surface area contributed by atoms with Gasteiger partial charge in [-0.15, -0.1) is 0 Å². The second-order valence-electron chi connectivity index (χ2n) is 5.02. The topological polar surface area (TPSA) is 84.2 Å². The van der Waals surface area contributed by atoms with Crippen molar-refractivity contribution in [3.8, 4) is 0 Å². The number of carbonyl (C=O) groups is 2. The highest BCUT2D eigenvalue weighted by molar-refractivity contribution is 5.97. The van der Waals surface area contributed by atoms with Crippen molar-refractivity contribution in [2.75, 3.05) is 11.9 Å². The molecule has 1 aromatic carbocycles. The van der Waals surface area contributed by atoms with Crippen molar-refractivity contribution in [3.63, 3.8) is 0 Å². The van der Waals surface area contributed by atoms with Crippen LogP contribution in [0.2, 0.25) is 0 Å². The van der Waals surface area contributed by atoms with E-state index in [0.717, 1.165) is 6.07 Å². The van der Waals surface area contributed by atoms with Crippen LogP contribution in [-0.4, -0.2) is 23.9 Å². The highest BCUT2D eigenvalue weighted by Gasteiger charge is 2.27. The van der Waals surface area contributed by atoms with Crippen LogP contribution in [0.3, 0.4) is 0 Å². The van der Waals surface area contributed by atoms with Crippen molar-refractivity contribution >= 4 is 17.5 Å². The van der Waals surface area contributed by atoms with Gasteiger partial charge in [0.15, 0.2) is 0 Å². The Kier molecular flexibility index (Phi) is 5.84. The maximum atomic E-state index is 13.6. The average molecular weight is 295 g/mol. The molecular weight excluding hydrogens is 273 g/mol. The van der Waals surface area contributed by atoms with Crippen molar-refractivity contribution < 1.29 is 14.0 Å². The van der Waals surface area contributed by atoms with Gasteiger partial charge in [0.1, 0.15) is 5.82 Å². The normalized spacial score (nSPS) is 11.1. The molecule has 2 amide bonds. The smallest absolute Gasteiger partial charge is 0.251 e. The van der Waals surface area contributed by atoms with Gasteiger partial charge < -0.3 is 16.4 Å². The minimum atomic E-state index is -0.585. The van der Waals surface area contributed by atoms with Crippen LogP contribution in [0.25, 0.3) is 0 Å². The minimum absolute atomic E-state index is 0.0125. The number of hydrogen-bond acceptors (Lipinski definition) is 3. The summed E-state index contributed by atoms with van der Waals surface area (Å²) in [6, 6.07) is 3.85. The van der Waals surface area contributed by atoms with E-state index in [9.17, 15) is 14.0 Å². The Bertz CT molecular complexity index is 519. The molecule has 116 valence electrons. The van der Waals surface area contributed by atoms with E-state index in [1.54, 1.807) is 0 Å². The van der Waals surface area contributed by atoms with E-state index < -0.39 is 17.3 Å². The lowest BCUT2D eigenvalue weighted by molar-refractivity contribution is -0.114. The van der Waals surface area contributed by atoms with Crippen molar-refractivity contribution in [1.82, 2.24) is 5.32 Å². The summed E-state index contributed by atoms with van der Waals surface area (Å²) in [5.41, 5.74) is 5.54. The van der Waals surface area contributed by atoms with Gasteiger partial charge in [0.25, 0.3) is 5.91 Å². The maximum absolute atomic E-state index is 13.6. The van der Waals surface area contributed by atoms with E-state index in [4.69, 9.17) is 5.73 Å². The van der Waals surface area contributed by atoms with Crippen LogP contribution < -0.4 is 16.4 Å². The molecular formula is C15H22FN3O2. The Labute approximate surface area is 124 Å². The van der Waals surface area contributed by atoms with Crippen LogP contribution in [-0.2, 0) is 4.79 Å². The molecule has 0 heterocycles. The minimum Gasteiger partial charge on any atom is -0.345 e. The molecule has 0 saturated carbocycles. The molecule has 0 unspecified atom stereocenters. The number of nitrogens with two attached hydrogens (primary N) is 1. The van der Waals surface area contributed by atoms with Gasteiger partial charge in [0, 0.05) is 19.0 Å². The van der Waals surface area contributed by atoms with Crippen LogP contribution in [0, 0.1) is 5.82 Å². The van der Waals surface area contributed by atoms with E-state index in [-0.39, 0.29) is 17.2 Å². The van der Waals surface area contributed by atoms with Crippen LogP contribution >= 0.6 is 0 Å². The SMILES string of the molecule is CCC(CC)(CN)NC(=O)c1ccc(F)c(NC(C)=O)c1. The number of halogens is 1. The van der Waals surface area contributed by atoms with E-state index >= 15 is 0 Å². The highest BCUT2D eigenvalue weighted by atomic mass is 19.1. The Hall–Kier alpha value is -1.95. The zero-order chi connectivity index (χ0) is 16.0.